The van der Waals surface area contributed by atoms with E-state index in [-0.39, 0.29) is 0 Å². The zero-order chi connectivity index (χ0) is 10.4. The first-order valence-corrected chi connectivity index (χ1v) is 3.99. The zero-order valence-electron chi connectivity index (χ0n) is 7.65. The summed E-state index contributed by atoms with van der Waals surface area (Å²) in [6.45, 7) is 0. The van der Waals surface area contributed by atoms with E-state index in [2.05, 4.69) is 10.7 Å². The van der Waals surface area contributed by atoms with Gasteiger partial charge in [0, 0.05) is 7.05 Å². The highest BCUT2D eigenvalue weighted by Gasteiger charge is 2.07. The largest absolute Gasteiger partial charge is 0.340 e. The molecule has 1 aromatic carbocycles. The van der Waals surface area contributed by atoms with Crippen molar-refractivity contribution < 1.29 is 9.59 Å². The Morgan fingerprint density at radius 1 is 1.36 bits per heavy atom. The van der Waals surface area contributed by atoms with Gasteiger partial charge in [0.25, 0.3) is 0 Å². The van der Waals surface area contributed by atoms with Gasteiger partial charge in [0.2, 0.25) is 0 Å². The highest BCUT2D eigenvalue weighted by molar-refractivity contribution is 5.83. The lowest BCUT2D eigenvalue weighted by Gasteiger charge is -2.16. The van der Waals surface area contributed by atoms with E-state index in [1.54, 1.807) is 30.7 Å². The number of para-hydroxylation sites is 1. The van der Waals surface area contributed by atoms with Crippen molar-refractivity contribution in [2.75, 3.05) is 12.1 Å². The Morgan fingerprint density at radius 3 is 2.50 bits per heavy atom. The summed E-state index contributed by atoms with van der Waals surface area (Å²) in [6, 6.07) is 8.21. The molecule has 0 bridgehead atoms. The van der Waals surface area contributed by atoms with E-state index in [1.807, 2.05) is 6.07 Å². The Labute approximate surface area is 81.7 Å². The molecule has 1 rings (SSSR count). The molecule has 1 aromatic rings. The minimum absolute atomic E-state index is 0.475. The van der Waals surface area contributed by atoms with Crippen LogP contribution >= 0.6 is 0 Å². The zero-order valence-corrected chi connectivity index (χ0v) is 7.65. The molecule has 0 saturated carbocycles. The van der Waals surface area contributed by atoms with Gasteiger partial charge in [0.15, 0.2) is 0 Å². The smallest absolute Gasteiger partial charge is 0.337 e. The number of nitrogens with one attached hydrogen (secondary N) is 2. The summed E-state index contributed by atoms with van der Waals surface area (Å²) in [5.41, 5.74) is 2.84. The van der Waals surface area contributed by atoms with E-state index in [0.717, 1.165) is 5.01 Å². The van der Waals surface area contributed by atoms with Crippen LogP contribution in [0.3, 0.4) is 0 Å². The summed E-state index contributed by atoms with van der Waals surface area (Å²) in [7, 11) is 1.46. The van der Waals surface area contributed by atoms with E-state index < -0.39 is 6.03 Å². The average Bonchev–Trinajstić information content (AvgIpc) is 2.26. The van der Waals surface area contributed by atoms with Crippen molar-refractivity contribution in [3.8, 4) is 0 Å². The number of urea groups is 1. The van der Waals surface area contributed by atoms with Gasteiger partial charge in [-0.2, -0.15) is 0 Å². The molecule has 0 fully saturated rings. The lowest BCUT2D eigenvalue weighted by molar-refractivity contribution is 0.243. The van der Waals surface area contributed by atoms with Crippen LogP contribution in [-0.2, 0) is 4.79 Å². The van der Waals surface area contributed by atoms with Gasteiger partial charge in [-0.3, -0.25) is 4.79 Å². The summed E-state index contributed by atoms with van der Waals surface area (Å²) in [5.74, 6) is 0. The molecule has 0 aromatic heterocycles. The Morgan fingerprint density at radius 2 is 2.00 bits per heavy atom. The van der Waals surface area contributed by atoms with Crippen molar-refractivity contribution in [2.24, 2.45) is 0 Å². The van der Waals surface area contributed by atoms with Gasteiger partial charge in [-0.05, 0) is 12.1 Å². The molecule has 0 unspecified atom stereocenters. The van der Waals surface area contributed by atoms with Gasteiger partial charge < -0.3 is 5.32 Å². The predicted molar refractivity (Wildman–Crippen MR) is 52.2 cm³/mol. The van der Waals surface area contributed by atoms with Crippen molar-refractivity contribution >= 4 is 18.1 Å². The van der Waals surface area contributed by atoms with Crippen LogP contribution in [0.4, 0.5) is 10.5 Å². The molecule has 0 aliphatic heterocycles. The predicted octanol–water partition coefficient (Wildman–Crippen LogP) is 0.404. The second-order valence-electron chi connectivity index (χ2n) is 2.45. The Kier molecular flexibility index (Phi) is 3.49. The van der Waals surface area contributed by atoms with Crippen LogP contribution in [0.15, 0.2) is 30.3 Å². The molecule has 1 radical (unpaired) electrons. The standard InChI is InChI=1S/C9H10N3O2/c1-10-9(14)11-12(7-13)8-5-3-2-4-6-8/h2-6H,1H3,(H2,10,11,14). The van der Waals surface area contributed by atoms with Gasteiger partial charge in [-0.15, -0.1) is 0 Å². The van der Waals surface area contributed by atoms with E-state index in [9.17, 15) is 9.59 Å². The fraction of sp³-hybridized carbons (Fsp3) is 0.111. The van der Waals surface area contributed by atoms with Crippen molar-refractivity contribution in [2.45, 2.75) is 0 Å². The second kappa shape index (κ2) is 4.86. The molecule has 0 aliphatic rings. The number of nitrogens with zero attached hydrogens (tertiary/aromatic N) is 1. The normalized spacial score (nSPS) is 8.93. The van der Waals surface area contributed by atoms with Gasteiger partial charge in [0.1, 0.15) is 0 Å². The van der Waals surface area contributed by atoms with Crippen LogP contribution in [0.25, 0.3) is 0 Å². The van der Waals surface area contributed by atoms with Crippen LogP contribution in [-0.4, -0.2) is 19.5 Å². The van der Waals surface area contributed by atoms with Crippen LogP contribution in [0.5, 0.6) is 0 Å². The summed E-state index contributed by atoms with van der Waals surface area (Å²) in [6.07, 6.45) is 1.59. The SMILES string of the molecule is CNC(=O)NN([C]=O)c1ccccc1. The molecule has 5 nitrogen and oxygen atoms in total. The third-order valence-corrected chi connectivity index (χ3v) is 1.55. The maximum atomic E-state index is 10.9. The molecule has 0 spiro atoms. The highest BCUT2D eigenvalue weighted by Crippen LogP contribution is 2.08. The Hall–Kier alpha value is -2.04. The molecular weight excluding hydrogens is 182 g/mol. The van der Waals surface area contributed by atoms with Gasteiger partial charge in [-0.25, -0.2) is 15.2 Å². The number of hydrazine groups is 1. The van der Waals surface area contributed by atoms with Crippen LogP contribution < -0.4 is 15.8 Å². The molecule has 14 heavy (non-hydrogen) atoms. The number of anilines is 1. The van der Waals surface area contributed by atoms with E-state index in [0.29, 0.717) is 5.69 Å². The molecule has 0 heterocycles. The number of carbonyl (C=O) groups is 1. The topological polar surface area (TPSA) is 61.4 Å². The molecule has 3 amide bonds. The third-order valence-electron chi connectivity index (χ3n) is 1.55. The molecule has 5 heteroatoms. The minimum atomic E-state index is -0.475. The van der Waals surface area contributed by atoms with Crippen molar-refractivity contribution in [3.63, 3.8) is 0 Å². The van der Waals surface area contributed by atoms with E-state index >= 15 is 0 Å². The van der Waals surface area contributed by atoms with Crippen molar-refractivity contribution in [3.05, 3.63) is 30.3 Å². The molecule has 2 N–H and O–H groups in total. The molecule has 73 valence electrons. The lowest BCUT2D eigenvalue weighted by atomic mass is 10.3. The van der Waals surface area contributed by atoms with E-state index in [1.165, 1.54) is 7.05 Å². The maximum Gasteiger partial charge on any atom is 0.337 e. The molecule has 0 saturated heterocycles. The minimum Gasteiger partial charge on any atom is -0.340 e. The van der Waals surface area contributed by atoms with Gasteiger partial charge in [0.05, 0.1) is 5.69 Å². The van der Waals surface area contributed by atoms with Crippen LogP contribution in [0, 0.1) is 0 Å². The monoisotopic (exact) mass is 192 g/mol. The highest BCUT2D eigenvalue weighted by atomic mass is 16.2. The van der Waals surface area contributed by atoms with Gasteiger partial charge in [-0.1, -0.05) is 18.2 Å². The van der Waals surface area contributed by atoms with Crippen LogP contribution in [0.1, 0.15) is 0 Å². The summed E-state index contributed by atoms with van der Waals surface area (Å²) < 4.78 is 0. The quantitative estimate of drug-likeness (QED) is 0.538. The first-order chi connectivity index (χ1) is 6.77. The molecule has 0 aliphatic carbocycles. The van der Waals surface area contributed by atoms with E-state index in [4.69, 9.17) is 0 Å². The first-order valence-electron chi connectivity index (χ1n) is 3.99. The lowest BCUT2D eigenvalue weighted by Crippen LogP contribution is -2.45. The fourth-order valence-electron chi connectivity index (χ4n) is 0.875. The Balaban J connectivity index is 2.73. The Bertz CT molecular complexity index is 313. The van der Waals surface area contributed by atoms with Crippen molar-refractivity contribution in [1.29, 1.82) is 0 Å². The van der Waals surface area contributed by atoms with Crippen molar-refractivity contribution in [1.82, 2.24) is 10.7 Å². The fourth-order valence-corrected chi connectivity index (χ4v) is 0.875. The van der Waals surface area contributed by atoms with Gasteiger partial charge >= 0.3 is 12.4 Å². The number of rotatable bonds is 3. The number of hydrogen-bond acceptors (Lipinski definition) is 2. The average molecular weight is 192 g/mol. The molecular formula is C9H10N3O2. The third kappa shape index (κ3) is 2.48. The second-order valence-corrected chi connectivity index (χ2v) is 2.45. The molecule has 0 atom stereocenters. The number of carbonyl (C=O) groups excluding carboxylic acids is 2. The number of hydrogen-bond donors (Lipinski definition) is 2. The summed E-state index contributed by atoms with van der Waals surface area (Å²) in [5, 5.41) is 3.30. The maximum absolute atomic E-state index is 10.9. The number of amides is 3. The summed E-state index contributed by atoms with van der Waals surface area (Å²) in [4.78, 5) is 21.4. The number of benzene rings is 1. The van der Waals surface area contributed by atoms with Crippen LogP contribution in [0.2, 0.25) is 0 Å². The first kappa shape index (κ1) is 10.0. The summed E-state index contributed by atoms with van der Waals surface area (Å²) >= 11 is 0.